The van der Waals surface area contributed by atoms with Crippen LogP contribution >= 0.6 is 0 Å². The van der Waals surface area contributed by atoms with Crippen LogP contribution in [0.2, 0.25) is 0 Å². The molecule has 0 aliphatic carbocycles. The maximum absolute atomic E-state index is 12.0. The van der Waals surface area contributed by atoms with Gasteiger partial charge in [-0.3, -0.25) is 0 Å². The molecule has 2 nitrogen and oxygen atoms in total. The van der Waals surface area contributed by atoms with Gasteiger partial charge in [-0.25, -0.2) is 0 Å². The lowest BCUT2D eigenvalue weighted by Crippen LogP contribution is -2.26. The number of hydrogen-bond acceptors (Lipinski definition) is 2. The minimum Gasteiger partial charge on any atom is -0.507 e. The van der Waals surface area contributed by atoms with Gasteiger partial charge in [-0.2, -0.15) is 0 Å². The molecule has 212 valence electrons. The van der Waals surface area contributed by atoms with Crippen molar-refractivity contribution < 1.29 is 10.2 Å². The predicted molar refractivity (Wildman–Crippen MR) is 167 cm³/mol. The van der Waals surface area contributed by atoms with E-state index in [9.17, 15) is 10.2 Å². The third-order valence-electron chi connectivity index (χ3n) is 7.73. The molecule has 0 aliphatic rings. The number of phenols is 2. The zero-order valence-corrected chi connectivity index (χ0v) is 26.6. The molecule has 0 aliphatic heterocycles. The molecule has 0 heterocycles. The maximum atomic E-state index is 12.0. The highest BCUT2D eigenvalue weighted by atomic mass is 16.3. The summed E-state index contributed by atoms with van der Waals surface area (Å²) < 4.78 is 0. The van der Waals surface area contributed by atoms with Crippen LogP contribution in [0.5, 0.6) is 11.5 Å². The van der Waals surface area contributed by atoms with Crippen LogP contribution in [0.25, 0.3) is 0 Å². The van der Waals surface area contributed by atoms with Crippen LogP contribution in [0.15, 0.2) is 54.6 Å². The third-order valence-corrected chi connectivity index (χ3v) is 7.73. The van der Waals surface area contributed by atoms with Crippen LogP contribution in [-0.4, -0.2) is 10.2 Å². The third kappa shape index (κ3) is 7.27. The highest BCUT2D eigenvalue weighted by molar-refractivity contribution is 5.60. The lowest BCUT2D eigenvalue weighted by atomic mass is 9.69. The van der Waals surface area contributed by atoms with E-state index in [-0.39, 0.29) is 27.6 Å². The summed E-state index contributed by atoms with van der Waals surface area (Å²) in [4.78, 5) is 0. The number of rotatable bonds is 7. The van der Waals surface area contributed by atoms with Gasteiger partial charge in [0.1, 0.15) is 11.5 Å². The highest BCUT2D eigenvalue weighted by Gasteiger charge is 2.35. The Kier molecular flexibility index (Phi) is 8.43. The second-order valence-electron chi connectivity index (χ2n) is 15.6. The monoisotopic (exact) mass is 528 g/mol. The summed E-state index contributed by atoms with van der Waals surface area (Å²) in [5.74, 6) is 0.361. The van der Waals surface area contributed by atoms with Crippen molar-refractivity contribution in [1.29, 1.82) is 0 Å². The van der Waals surface area contributed by atoms with Crippen molar-refractivity contribution in [1.82, 2.24) is 0 Å². The summed E-state index contributed by atoms with van der Waals surface area (Å²) in [6.07, 6.45) is 1.88. The Bertz CT molecular complexity index is 1210. The second kappa shape index (κ2) is 10.7. The smallest absolute Gasteiger partial charge is 0.123 e. The first-order valence-corrected chi connectivity index (χ1v) is 14.4. The maximum Gasteiger partial charge on any atom is 0.123 e. The van der Waals surface area contributed by atoms with Crippen molar-refractivity contribution in [3.05, 3.63) is 93.5 Å². The molecule has 0 saturated heterocycles. The first-order valence-electron chi connectivity index (χ1n) is 14.4. The molecule has 2 N–H and O–H groups in total. The van der Waals surface area contributed by atoms with E-state index in [2.05, 4.69) is 119 Å². The van der Waals surface area contributed by atoms with E-state index in [0.717, 1.165) is 51.8 Å². The summed E-state index contributed by atoms with van der Waals surface area (Å²) in [6, 6.07) is 18.8. The molecule has 2 heteroatoms. The first-order chi connectivity index (χ1) is 17.7. The summed E-state index contributed by atoms with van der Waals surface area (Å²) in [5, 5.41) is 24.0. The first kappa shape index (κ1) is 30.8. The van der Waals surface area contributed by atoms with Crippen LogP contribution in [0.1, 0.15) is 127 Å². The number of phenolic OH excluding ortho intramolecular Hbond substituents is 2. The van der Waals surface area contributed by atoms with Gasteiger partial charge in [0, 0.05) is 28.2 Å². The van der Waals surface area contributed by atoms with Crippen molar-refractivity contribution >= 4 is 0 Å². The van der Waals surface area contributed by atoms with Gasteiger partial charge in [-0.1, -0.05) is 135 Å². The summed E-state index contributed by atoms with van der Waals surface area (Å²) in [5.41, 5.74) is 6.68. The number of benzene rings is 3. The van der Waals surface area contributed by atoms with E-state index in [4.69, 9.17) is 0 Å². The van der Waals surface area contributed by atoms with Crippen LogP contribution < -0.4 is 0 Å². The second-order valence-corrected chi connectivity index (χ2v) is 15.6. The molecule has 0 unspecified atom stereocenters. The Morgan fingerprint density at radius 3 is 1.26 bits per heavy atom. The van der Waals surface area contributed by atoms with Gasteiger partial charge in [0.05, 0.1) is 0 Å². The molecule has 0 fully saturated rings. The van der Waals surface area contributed by atoms with Crippen LogP contribution in [-0.2, 0) is 10.8 Å². The number of aromatic hydroxyl groups is 2. The molecule has 0 aromatic heterocycles. The Morgan fingerprint density at radius 1 is 0.564 bits per heavy atom. The van der Waals surface area contributed by atoms with Crippen molar-refractivity contribution in [3.63, 3.8) is 0 Å². The molecular formula is C37H52O2. The normalized spacial score (nSPS) is 13.3. The molecule has 0 saturated carbocycles. The average molecular weight is 529 g/mol. The minimum atomic E-state index is -0.306. The number of hydrogen-bond donors (Lipinski definition) is 2. The van der Waals surface area contributed by atoms with Crippen molar-refractivity contribution in [2.24, 2.45) is 10.8 Å². The molecule has 0 spiro atoms. The van der Waals surface area contributed by atoms with Gasteiger partial charge in [0.15, 0.2) is 0 Å². The van der Waals surface area contributed by atoms with E-state index < -0.39 is 0 Å². The zero-order chi connectivity index (χ0) is 29.6. The molecule has 39 heavy (non-hydrogen) atoms. The Morgan fingerprint density at radius 2 is 0.923 bits per heavy atom. The average Bonchev–Trinajstić information content (AvgIpc) is 2.75. The van der Waals surface area contributed by atoms with Crippen LogP contribution in [0.3, 0.4) is 0 Å². The fourth-order valence-corrected chi connectivity index (χ4v) is 7.10. The largest absolute Gasteiger partial charge is 0.507 e. The van der Waals surface area contributed by atoms with E-state index in [1.807, 2.05) is 18.2 Å². The molecular weight excluding hydrogens is 476 g/mol. The quantitative estimate of drug-likeness (QED) is 0.299. The minimum absolute atomic E-state index is 0.112. The molecule has 3 rings (SSSR count). The van der Waals surface area contributed by atoms with E-state index in [1.165, 1.54) is 0 Å². The summed E-state index contributed by atoms with van der Waals surface area (Å²) >= 11 is 0. The SMILES string of the molecule is Cc1cc(C(c2ccccc2)c2cc(C)cc(C(C)(C)CC(C)(C)C)c2O)c(O)c(C(C)(C)CC(C)(C)C)c1. The Labute approximate surface area is 238 Å². The lowest BCUT2D eigenvalue weighted by molar-refractivity contribution is 0.278. The van der Waals surface area contributed by atoms with Crippen molar-refractivity contribution in [2.45, 2.75) is 113 Å². The van der Waals surface area contributed by atoms with Gasteiger partial charge in [-0.15, -0.1) is 0 Å². The van der Waals surface area contributed by atoms with Crippen LogP contribution in [0.4, 0.5) is 0 Å². The van der Waals surface area contributed by atoms with E-state index in [0.29, 0.717) is 11.5 Å². The highest BCUT2D eigenvalue weighted by Crippen LogP contribution is 2.49. The molecule has 0 radical (unpaired) electrons. The Balaban J connectivity index is 2.35. The van der Waals surface area contributed by atoms with Crippen molar-refractivity contribution in [2.75, 3.05) is 0 Å². The van der Waals surface area contributed by atoms with E-state index >= 15 is 0 Å². The van der Waals surface area contributed by atoms with Crippen molar-refractivity contribution in [3.8, 4) is 11.5 Å². The van der Waals surface area contributed by atoms with Gasteiger partial charge in [-0.05, 0) is 53.9 Å². The molecule has 3 aromatic rings. The lowest BCUT2D eigenvalue weighted by Gasteiger charge is -2.36. The summed E-state index contributed by atoms with van der Waals surface area (Å²) in [6.45, 7) is 26.6. The van der Waals surface area contributed by atoms with Gasteiger partial charge in [0.25, 0.3) is 0 Å². The predicted octanol–water partition coefficient (Wildman–Crippen LogP) is 10.3. The zero-order valence-electron chi connectivity index (χ0n) is 26.6. The molecule has 0 bridgehead atoms. The fraction of sp³-hybridized carbons (Fsp3) is 0.514. The van der Waals surface area contributed by atoms with Gasteiger partial charge in [0.2, 0.25) is 0 Å². The van der Waals surface area contributed by atoms with Gasteiger partial charge < -0.3 is 10.2 Å². The molecule has 0 atom stereocenters. The summed E-state index contributed by atoms with van der Waals surface area (Å²) in [7, 11) is 0. The van der Waals surface area contributed by atoms with Gasteiger partial charge >= 0.3 is 0 Å². The molecule has 3 aromatic carbocycles. The standard InChI is InChI=1S/C37H52O2/c1-24-18-27(32(38)29(20-24)36(9,10)22-34(3,4)5)31(26-16-14-13-15-17-26)28-19-25(2)21-30(33(28)39)37(11,12)23-35(6,7)8/h13-21,31,38-39H,22-23H2,1-12H3. The Hall–Kier alpha value is -2.74. The fourth-order valence-electron chi connectivity index (χ4n) is 7.10. The molecule has 0 amide bonds. The van der Waals surface area contributed by atoms with E-state index in [1.54, 1.807) is 0 Å². The number of aryl methyl sites for hydroxylation is 2. The topological polar surface area (TPSA) is 40.5 Å². The van der Waals surface area contributed by atoms with Crippen LogP contribution in [0, 0.1) is 24.7 Å².